The zero-order valence-corrected chi connectivity index (χ0v) is 18.7. The molecule has 0 aromatic heterocycles. The maximum absolute atomic E-state index is 12.3. The Bertz CT molecular complexity index is 909. The van der Waals surface area contributed by atoms with E-state index in [1.165, 1.54) is 12.1 Å². The van der Waals surface area contributed by atoms with Crippen molar-refractivity contribution in [1.82, 2.24) is 10.6 Å². The topological polar surface area (TPSA) is 123 Å². The summed E-state index contributed by atoms with van der Waals surface area (Å²) in [7, 11) is 0. The third-order valence-corrected chi connectivity index (χ3v) is 5.52. The summed E-state index contributed by atoms with van der Waals surface area (Å²) in [4.78, 5) is 36.3. The van der Waals surface area contributed by atoms with Gasteiger partial charge in [0.25, 0.3) is 5.91 Å². The number of hydrogen-bond acceptors (Lipinski definition) is 7. The number of ketones is 1. The summed E-state index contributed by atoms with van der Waals surface area (Å²) in [5.74, 6) is -1.03. The zero-order valence-electron chi connectivity index (χ0n) is 17.9. The maximum atomic E-state index is 12.3. The van der Waals surface area contributed by atoms with Crippen molar-refractivity contribution in [2.75, 3.05) is 19.7 Å². The largest absolute Gasteiger partial charge is 0.522 e. The number of fused-ring (bicyclic) bond motifs is 1. The summed E-state index contributed by atoms with van der Waals surface area (Å²) in [5, 5.41) is 15.4. The molecule has 1 heterocycles. The number of alkyl halides is 3. The molecule has 188 valence electrons. The number of ether oxygens (including phenoxy) is 3. The molecule has 0 saturated heterocycles. The quantitative estimate of drug-likeness (QED) is 0.440. The van der Waals surface area contributed by atoms with Crippen LogP contribution in [0.25, 0.3) is 0 Å². The van der Waals surface area contributed by atoms with Gasteiger partial charge in [0.1, 0.15) is 12.4 Å². The molecule has 1 fully saturated rings. The Morgan fingerprint density at radius 3 is 2.68 bits per heavy atom. The molecule has 0 bridgehead atoms. The smallest absolute Gasteiger partial charge is 0.479 e. The summed E-state index contributed by atoms with van der Waals surface area (Å²) >= 11 is 5.87. The Kier molecular flexibility index (Phi) is 8.74. The van der Waals surface area contributed by atoms with Crippen LogP contribution >= 0.6 is 11.6 Å². The maximum Gasteiger partial charge on any atom is 0.522 e. The molecule has 3 N–H and O–H groups in total. The Labute approximate surface area is 197 Å². The lowest BCUT2D eigenvalue weighted by molar-refractivity contribution is -0.357. The molecule has 1 aliphatic carbocycles. The summed E-state index contributed by atoms with van der Waals surface area (Å²) in [6, 6.07) is 4.55. The second-order valence-electron chi connectivity index (χ2n) is 8.00. The fraction of sp³-hybridized carbons (Fsp3) is 0.571. The third kappa shape index (κ3) is 7.83. The van der Waals surface area contributed by atoms with Crippen LogP contribution in [0.5, 0.6) is 5.75 Å². The second kappa shape index (κ2) is 11.3. The van der Waals surface area contributed by atoms with E-state index in [9.17, 15) is 32.7 Å². The lowest BCUT2D eigenvalue weighted by Crippen LogP contribution is -2.44. The van der Waals surface area contributed by atoms with Gasteiger partial charge in [0.2, 0.25) is 5.91 Å². The van der Waals surface area contributed by atoms with Gasteiger partial charge >= 0.3 is 6.36 Å². The van der Waals surface area contributed by atoms with Crippen molar-refractivity contribution in [3.05, 3.63) is 28.8 Å². The Balaban J connectivity index is 1.27. The van der Waals surface area contributed by atoms with Gasteiger partial charge in [-0.05, 0) is 24.6 Å². The third-order valence-electron chi connectivity index (χ3n) is 5.29. The van der Waals surface area contributed by atoms with Crippen molar-refractivity contribution in [2.45, 2.75) is 56.5 Å². The van der Waals surface area contributed by atoms with Gasteiger partial charge < -0.3 is 25.2 Å². The molecule has 0 unspecified atom stereocenters. The summed E-state index contributed by atoms with van der Waals surface area (Å²) < 4.78 is 50.7. The number of hydrogen-bond donors (Lipinski definition) is 3. The van der Waals surface area contributed by atoms with Crippen LogP contribution in [0.15, 0.2) is 18.2 Å². The molecule has 0 spiro atoms. The van der Waals surface area contributed by atoms with E-state index >= 15 is 0 Å². The van der Waals surface area contributed by atoms with Gasteiger partial charge in [0, 0.05) is 31.0 Å². The monoisotopic (exact) mass is 508 g/mol. The van der Waals surface area contributed by atoms with Crippen LogP contribution in [0, 0.1) is 0 Å². The predicted molar refractivity (Wildman–Crippen MR) is 111 cm³/mol. The van der Waals surface area contributed by atoms with Crippen LogP contribution in [-0.2, 0) is 19.1 Å². The first-order chi connectivity index (χ1) is 16.0. The van der Waals surface area contributed by atoms with Crippen molar-refractivity contribution >= 4 is 29.2 Å². The molecule has 1 aliphatic heterocycles. The van der Waals surface area contributed by atoms with Crippen molar-refractivity contribution < 1.29 is 46.9 Å². The standard InChI is InChI=1S/C21H24ClF3N2O7/c22-11-1-2-17-15(5-11)16(29)8-18(33-17)20(31)26-4-3-12(28)9-27-19(30)10-32-13-6-14(7-13)34-21(23,24)25/h1-2,5,12-14,18,28H,3-4,6-10H2,(H,26,31)(H,27,30)/t12-,13-,14+,18+/m0/s1. The SMILES string of the molecule is O=C(CO[C@H]1C[C@@H](OC(F)(F)F)C1)NC[C@@H](O)CCNC(=O)[C@H]1CC(=O)c2cc(Cl)ccc2O1. The Morgan fingerprint density at radius 1 is 1.24 bits per heavy atom. The van der Waals surface area contributed by atoms with E-state index < -0.39 is 42.6 Å². The minimum Gasteiger partial charge on any atom is -0.479 e. The molecule has 0 radical (unpaired) electrons. The number of rotatable bonds is 10. The lowest BCUT2D eigenvalue weighted by Gasteiger charge is -2.34. The molecule has 1 aromatic rings. The van der Waals surface area contributed by atoms with E-state index in [1.54, 1.807) is 6.07 Å². The van der Waals surface area contributed by atoms with Crippen molar-refractivity contribution in [2.24, 2.45) is 0 Å². The number of carbonyl (C=O) groups is 3. The van der Waals surface area contributed by atoms with Gasteiger partial charge in [-0.25, -0.2) is 0 Å². The molecule has 9 nitrogen and oxygen atoms in total. The summed E-state index contributed by atoms with van der Waals surface area (Å²) in [6.07, 6.45) is -8.02. The predicted octanol–water partition coefficient (Wildman–Crippen LogP) is 1.74. The van der Waals surface area contributed by atoms with Crippen LogP contribution in [-0.4, -0.2) is 73.2 Å². The van der Waals surface area contributed by atoms with Gasteiger partial charge in [-0.15, -0.1) is 13.2 Å². The minimum atomic E-state index is -4.69. The average Bonchev–Trinajstić information content (AvgIpc) is 2.73. The van der Waals surface area contributed by atoms with E-state index in [4.69, 9.17) is 21.1 Å². The normalized spacial score (nSPS) is 22.7. The van der Waals surface area contributed by atoms with Gasteiger partial charge in [-0.3, -0.25) is 19.1 Å². The van der Waals surface area contributed by atoms with Gasteiger partial charge in [0.05, 0.1) is 30.3 Å². The van der Waals surface area contributed by atoms with Gasteiger partial charge in [-0.2, -0.15) is 0 Å². The van der Waals surface area contributed by atoms with E-state index in [0.717, 1.165) is 0 Å². The molecule has 2 amide bonds. The number of nitrogens with one attached hydrogen (secondary N) is 2. The molecule has 3 rings (SSSR count). The molecule has 1 aromatic carbocycles. The van der Waals surface area contributed by atoms with Crippen LogP contribution in [0.4, 0.5) is 13.2 Å². The number of carbonyl (C=O) groups excluding carboxylic acids is 3. The first kappa shape index (κ1) is 26.2. The van der Waals surface area contributed by atoms with Gasteiger partial charge in [-0.1, -0.05) is 11.6 Å². The van der Waals surface area contributed by atoms with Crippen molar-refractivity contribution in [3.8, 4) is 5.75 Å². The van der Waals surface area contributed by atoms with E-state index in [2.05, 4.69) is 15.4 Å². The fourth-order valence-corrected chi connectivity index (χ4v) is 3.61. The molecular weight excluding hydrogens is 485 g/mol. The highest BCUT2D eigenvalue weighted by atomic mass is 35.5. The van der Waals surface area contributed by atoms with E-state index in [-0.39, 0.29) is 56.9 Å². The molecule has 2 atom stereocenters. The first-order valence-corrected chi connectivity index (χ1v) is 11.0. The zero-order chi connectivity index (χ0) is 24.9. The molecule has 1 saturated carbocycles. The van der Waals surface area contributed by atoms with Crippen LogP contribution in [0.3, 0.4) is 0 Å². The van der Waals surface area contributed by atoms with Crippen LogP contribution in [0.1, 0.15) is 36.0 Å². The number of amides is 2. The van der Waals surface area contributed by atoms with Crippen LogP contribution in [0.2, 0.25) is 5.02 Å². The molecule has 2 aliphatic rings. The second-order valence-corrected chi connectivity index (χ2v) is 8.44. The van der Waals surface area contributed by atoms with E-state index in [1.807, 2.05) is 0 Å². The number of halogens is 4. The van der Waals surface area contributed by atoms with Crippen molar-refractivity contribution in [3.63, 3.8) is 0 Å². The average molecular weight is 509 g/mol. The highest BCUT2D eigenvalue weighted by molar-refractivity contribution is 6.31. The number of aliphatic hydroxyl groups is 1. The van der Waals surface area contributed by atoms with Crippen molar-refractivity contribution in [1.29, 1.82) is 0 Å². The molecule has 13 heteroatoms. The highest BCUT2D eigenvalue weighted by Crippen LogP contribution is 2.32. The number of benzene rings is 1. The highest BCUT2D eigenvalue weighted by Gasteiger charge is 2.40. The van der Waals surface area contributed by atoms with E-state index in [0.29, 0.717) is 10.6 Å². The number of Topliss-reactive ketones (excluding diaryl/α,β-unsaturated/α-hetero) is 1. The Morgan fingerprint density at radius 2 is 1.97 bits per heavy atom. The Hall–Kier alpha value is -2.41. The van der Waals surface area contributed by atoms with Gasteiger partial charge in [0.15, 0.2) is 11.9 Å². The first-order valence-electron chi connectivity index (χ1n) is 10.6. The number of aliphatic hydroxyl groups excluding tert-OH is 1. The van der Waals surface area contributed by atoms with Crippen LogP contribution < -0.4 is 15.4 Å². The minimum absolute atomic E-state index is 0.0464. The summed E-state index contributed by atoms with van der Waals surface area (Å²) in [5.41, 5.74) is 0.318. The molecule has 34 heavy (non-hydrogen) atoms. The fourth-order valence-electron chi connectivity index (χ4n) is 3.44. The lowest BCUT2D eigenvalue weighted by atomic mass is 9.92. The summed E-state index contributed by atoms with van der Waals surface area (Å²) in [6.45, 7) is -0.377. The molecular formula is C21H24ClF3N2O7.